The van der Waals surface area contributed by atoms with E-state index in [1.54, 1.807) is 28.6 Å². The minimum Gasteiger partial charge on any atom is -0.317 e. The Bertz CT molecular complexity index is 524. The summed E-state index contributed by atoms with van der Waals surface area (Å²) in [5, 5.41) is 3.28. The van der Waals surface area contributed by atoms with Gasteiger partial charge in [-0.2, -0.15) is 4.31 Å². The summed E-state index contributed by atoms with van der Waals surface area (Å²) in [6.45, 7) is 3.80. The van der Waals surface area contributed by atoms with Gasteiger partial charge in [0.15, 0.2) is 0 Å². The van der Waals surface area contributed by atoms with Crippen molar-refractivity contribution in [1.82, 2.24) is 9.62 Å². The van der Waals surface area contributed by atoms with Gasteiger partial charge in [0.2, 0.25) is 10.0 Å². The molecular formula is C16H25BrN2O2S. The lowest BCUT2D eigenvalue weighted by molar-refractivity contribution is 0.346. The molecule has 2 aliphatic rings. The monoisotopic (exact) mass is 388 g/mol. The van der Waals surface area contributed by atoms with Crippen LogP contribution in [0.3, 0.4) is 0 Å². The summed E-state index contributed by atoms with van der Waals surface area (Å²) in [5.41, 5.74) is 0. The van der Waals surface area contributed by atoms with E-state index in [0.717, 1.165) is 23.7 Å². The average molecular weight is 389 g/mol. The van der Waals surface area contributed by atoms with Crippen molar-refractivity contribution < 1.29 is 8.42 Å². The third-order valence-corrected chi connectivity index (χ3v) is 6.42. The van der Waals surface area contributed by atoms with Crippen LogP contribution in [0.5, 0.6) is 0 Å². The highest BCUT2D eigenvalue weighted by Crippen LogP contribution is 2.21. The Hall–Kier alpha value is -0.430. The molecule has 0 atom stereocenters. The van der Waals surface area contributed by atoms with Gasteiger partial charge in [0.05, 0.1) is 4.90 Å². The van der Waals surface area contributed by atoms with Crippen molar-refractivity contribution in [2.45, 2.75) is 43.4 Å². The van der Waals surface area contributed by atoms with Crippen LogP contribution in [-0.2, 0) is 10.0 Å². The van der Waals surface area contributed by atoms with Crippen LogP contribution in [0.2, 0.25) is 0 Å². The van der Waals surface area contributed by atoms with Crippen LogP contribution in [0.4, 0.5) is 0 Å². The Balaban J connectivity index is 0.000000246. The predicted molar refractivity (Wildman–Crippen MR) is 93.5 cm³/mol. The number of piperidine rings is 2. The van der Waals surface area contributed by atoms with Crippen LogP contribution in [0.15, 0.2) is 33.6 Å². The molecule has 3 rings (SSSR count). The van der Waals surface area contributed by atoms with Crippen molar-refractivity contribution in [3.8, 4) is 0 Å². The molecule has 0 bridgehead atoms. The Labute approximate surface area is 142 Å². The van der Waals surface area contributed by atoms with E-state index in [1.807, 2.05) is 0 Å². The number of benzene rings is 1. The smallest absolute Gasteiger partial charge is 0.243 e. The number of nitrogens with zero attached hydrogens (tertiary/aromatic N) is 1. The standard InChI is InChI=1S/C11H14BrNO2S.C5H11N/c12-10-4-6-11(7-5-10)16(14,15)13-8-2-1-3-9-13;1-2-4-6-5-3-1/h4-7H,1-3,8-9H2;6H,1-5H2. The molecule has 0 amide bonds. The zero-order valence-electron chi connectivity index (χ0n) is 12.9. The van der Waals surface area contributed by atoms with Gasteiger partial charge in [-0.3, -0.25) is 0 Å². The summed E-state index contributed by atoms with van der Waals surface area (Å²) in [6.07, 6.45) is 7.28. The molecule has 2 saturated heterocycles. The van der Waals surface area contributed by atoms with Crippen molar-refractivity contribution in [3.63, 3.8) is 0 Å². The fourth-order valence-corrected chi connectivity index (χ4v) is 4.44. The summed E-state index contributed by atoms with van der Waals surface area (Å²) in [7, 11) is -3.27. The van der Waals surface area contributed by atoms with Gasteiger partial charge in [-0.05, 0) is 63.0 Å². The van der Waals surface area contributed by atoms with E-state index in [0.29, 0.717) is 18.0 Å². The highest BCUT2D eigenvalue weighted by Gasteiger charge is 2.25. The number of nitrogens with one attached hydrogen (secondary N) is 1. The molecule has 0 spiro atoms. The Morgan fingerprint density at radius 2 is 1.41 bits per heavy atom. The molecule has 0 aromatic heterocycles. The first-order valence-corrected chi connectivity index (χ1v) is 10.3. The van der Waals surface area contributed by atoms with Gasteiger partial charge in [0, 0.05) is 17.6 Å². The molecule has 0 unspecified atom stereocenters. The van der Waals surface area contributed by atoms with Crippen molar-refractivity contribution >= 4 is 26.0 Å². The molecule has 4 nitrogen and oxygen atoms in total. The summed E-state index contributed by atoms with van der Waals surface area (Å²) in [5.74, 6) is 0. The first-order valence-electron chi connectivity index (χ1n) is 8.07. The van der Waals surface area contributed by atoms with Gasteiger partial charge in [-0.25, -0.2) is 8.42 Å². The van der Waals surface area contributed by atoms with E-state index >= 15 is 0 Å². The SMILES string of the molecule is C1CCNCC1.O=S(=O)(c1ccc(Br)cc1)N1CCCCC1. The second kappa shape index (κ2) is 9.01. The van der Waals surface area contributed by atoms with Crippen LogP contribution in [0.25, 0.3) is 0 Å². The minimum atomic E-state index is -3.27. The highest BCUT2D eigenvalue weighted by atomic mass is 79.9. The summed E-state index contributed by atoms with van der Waals surface area (Å²) < 4.78 is 26.9. The molecule has 124 valence electrons. The molecule has 0 radical (unpaired) electrons. The molecule has 2 fully saturated rings. The third kappa shape index (κ3) is 5.33. The summed E-state index contributed by atoms with van der Waals surface area (Å²) in [6, 6.07) is 6.82. The van der Waals surface area contributed by atoms with Gasteiger partial charge in [0.1, 0.15) is 0 Å². The Kier molecular flexibility index (Phi) is 7.34. The fourth-order valence-electron chi connectivity index (χ4n) is 2.66. The van der Waals surface area contributed by atoms with E-state index in [4.69, 9.17) is 0 Å². The quantitative estimate of drug-likeness (QED) is 0.844. The second-order valence-electron chi connectivity index (χ2n) is 5.73. The minimum absolute atomic E-state index is 0.387. The number of hydrogen-bond donors (Lipinski definition) is 1. The van der Waals surface area contributed by atoms with Crippen molar-refractivity contribution in [2.24, 2.45) is 0 Å². The van der Waals surface area contributed by atoms with E-state index in [2.05, 4.69) is 21.2 Å². The average Bonchev–Trinajstić information content (AvgIpc) is 2.58. The van der Waals surface area contributed by atoms with Gasteiger partial charge < -0.3 is 5.32 Å². The number of hydrogen-bond acceptors (Lipinski definition) is 3. The first-order chi connectivity index (χ1) is 10.6. The van der Waals surface area contributed by atoms with Crippen LogP contribution < -0.4 is 5.32 Å². The topological polar surface area (TPSA) is 49.4 Å². The third-order valence-electron chi connectivity index (χ3n) is 3.97. The van der Waals surface area contributed by atoms with Gasteiger partial charge in [0.25, 0.3) is 0 Å². The molecule has 2 aliphatic heterocycles. The van der Waals surface area contributed by atoms with Crippen LogP contribution in [0.1, 0.15) is 38.5 Å². The molecule has 2 heterocycles. The molecule has 6 heteroatoms. The van der Waals surface area contributed by atoms with Crippen molar-refractivity contribution in [3.05, 3.63) is 28.7 Å². The molecule has 0 aliphatic carbocycles. The lowest BCUT2D eigenvalue weighted by Gasteiger charge is -2.25. The number of halogens is 1. The van der Waals surface area contributed by atoms with Crippen LogP contribution in [0, 0.1) is 0 Å². The van der Waals surface area contributed by atoms with Crippen molar-refractivity contribution in [1.29, 1.82) is 0 Å². The van der Waals surface area contributed by atoms with Gasteiger partial charge in [-0.1, -0.05) is 28.8 Å². The van der Waals surface area contributed by atoms with Crippen LogP contribution >= 0.6 is 15.9 Å². The molecule has 0 saturated carbocycles. The lowest BCUT2D eigenvalue weighted by atomic mass is 10.2. The second-order valence-corrected chi connectivity index (χ2v) is 8.58. The maximum Gasteiger partial charge on any atom is 0.243 e. The first kappa shape index (κ1) is 17.9. The van der Waals surface area contributed by atoms with E-state index in [9.17, 15) is 8.42 Å². The molecule has 1 aromatic carbocycles. The normalized spacial score (nSPS) is 20.0. The predicted octanol–water partition coefficient (Wildman–Crippen LogP) is 3.38. The maximum absolute atomic E-state index is 12.2. The molecule has 1 aromatic rings. The molecule has 1 N–H and O–H groups in total. The lowest BCUT2D eigenvalue weighted by Crippen LogP contribution is -2.35. The van der Waals surface area contributed by atoms with Crippen molar-refractivity contribution in [2.75, 3.05) is 26.2 Å². The zero-order chi connectivity index (χ0) is 15.8. The Morgan fingerprint density at radius 1 is 0.864 bits per heavy atom. The van der Waals surface area contributed by atoms with E-state index in [1.165, 1.54) is 32.4 Å². The van der Waals surface area contributed by atoms with Gasteiger partial charge in [-0.15, -0.1) is 0 Å². The zero-order valence-corrected chi connectivity index (χ0v) is 15.3. The van der Waals surface area contributed by atoms with Crippen LogP contribution in [-0.4, -0.2) is 38.9 Å². The maximum atomic E-state index is 12.2. The number of sulfonamides is 1. The Morgan fingerprint density at radius 3 is 1.86 bits per heavy atom. The number of rotatable bonds is 2. The van der Waals surface area contributed by atoms with E-state index < -0.39 is 10.0 Å². The molecule has 22 heavy (non-hydrogen) atoms. The largest absolute Gasteiger partial charge is 0.317 e. The summed E-state index contributed by atoms with van der Waals surface area (Å²) in [4.78, 5) is 0.387. The summed E-state index contributed by atoms with van der Waals surface area (Å²) >= 11 is 3.30. The van der Waals surface area contributed by atoms with Gasteiger partial charge >= 0.3 is 0 Å². The molecular weight excluding hydrogens is 364 g/mol. The van der Waals surface area contributed by atoms with E-state index in [-0.39, 0.29) is 0 Å². The highest BCUT2D eigenvalue weighted by molar-refractivity contribution is 9.10. The fraction of sp³-hybridized carbons (Fsp3) is 0.625.